The number of carbonyl (C=O) groups is 1. The van der Waals surface area contributed by atoms with Gasteiger partial charge in [-0.05, 0) is 24.6 Å². The van der Waals surface area contributed by atoms with Gasteiger partial charge in [0, 0.05) is 17.5 Å². The summed E-state index contributed by atoms with van der Waals surface area (Å²) in [6.45, 7) is 0.459. The second-order valence-electron chi connectivity index (χ2n) is 3.95. The molecule has 0 aliphatic carbocycles. The molecule has 0 aliphatic rings. The third kappa shape index (κ3) is 5.01. The van der Waals surface area contributed by atoms with Gasteiger partial charge >= 0.3 is 0 Å². The number of methoxy groups -OCH3 is 2. The minimum atomic E-state index is -0.220. The molecule has 0 radical (unpaired) electrons. The lowest BCUT2D eigenvalue weighted by Gasteiger charge is -2.18. The quantitative estimate of drug-likeness (QED) is 0.769. The summed E-state index contributed by atoms with van der Waals surface area (Å²) in [6.07, 6.45) is 0.780. The summed E-state index contributed by atoms with van der Waals surface area (Å²) in [7, 11) is 3.12. The van der Waals surface area contributed by atoms with E-state index in [9.17, 15) is 4.79 Å². The van der Waals surface area contributed by atoms with Crippen LogP contribution in [0.25, 0.3) is 0 Å². The minimum Gasteiger partial charge on any atom is -0.496 e. The maximum Gasteiger partial charge on any atom is 0.255 e. The predicted octanol–water partition coefficient (Wildman–Crippen LogP) is 2.88. The molecule has 4 nitrogen and oxygen atoms in total. The van der Waals surface area contributed by atoms with Gasteiger partial charge in [0.15, 0.2) is 0 Å². The van der Waals surface area contributed by atoms with E-state index in [2.05, 4.69) is 21.2 Å². The van der Waals surface area contributed by atoms with Crippen molar-refractivity contribution in [3.05, 3.63) is 28.8 Å². The Labute approximate surface area is 126 Å². The van der Waals surface area contributed by atoms with Crippen molar-refractivity contribution in [2.75, 3.05) is 26.2 Å². The van der Waals surface area contributed by atoms with Gasteiger partial charge in [0.05, 0.1) is 25.3 Å². The highest BCUT2D eigenvalue weighted by atomic mass is 79.9. The van der Waals surface area contributed by atoms with Crippen molar-refractivity contribution < 1.29 is 14.3 Å². The monoisotopic (exact) mass is 349 g/mol. The molecule has 0 bridgehead atoms. The van der Waals surface area contributed by atoms with Crippen LogP contribution in [-0.2, 0) is 4.74 Å². The molecule has 106 valence electrons. The first-order valence-corrected chi connectivity index (χ1v) is 7.31. The number of hydrogen-bond donors (Lipinski definition) is 1. The normalized spacial score (nSPS) is 12.0. The Kier molecular flexibility index (Phi) is 7.20. The molecule has 0 spiro atoms. The van der Waals surface area contributed by atoms with E-state index in [1.54, 1.807) is 25.3 Å². The molecule has 6 heteroatoms. The smallest absolute Gasteiger partial charge is 0.255 e. The zero-order chi connectivity index (χ0) is 14.3. The SMILES string of the molecule is COCC(CCBr)NC(=O)c1cc(Cl)ccc1OC. The lowest BCUT2D eigenvalue weighted by molar-refractivity contribution is 0.0892. The minimum absolute atomic E-state index is 0.0550. The van der Waals surface area contributed by atoms with Crippen LogP contribution in [0.2, 0.25) is 5.02 Å². The topological polar surface area (TPSA) is 47.6 Å². The maximum absolute atomic E-state index is 12.2. The van der Waals surface area contributed by atoms with E-state index >= 15 is 0 Å². The van der Waals surface area contributed by atoms with Crippen LogP contribution in [0.5, 0.6) is 5.75 Å². The summed E-state index contributed by atoms with van der Waals surface area (Å²) in [6, 6.07) is 4.89. The van der Waals surface area contributed by atoms with Crippen LogP contribution in [0.15, 0.2) is 18.2 Å². The van der Waals surface area contributed by atoms with E-state index in [0.29, 0.717) is 22.9 Å². The van der Waals surface area contributed by atoms with Gasteiger partial charge in [0.25, 0.3) is 5.91 Å². The third-order valence-corrected chi connectivity index (χ3v) is 3.26. The van der Waals surface area contributed by atoms with Crippen molar-refractivity contribution in [1.82, 2.24) is 5.32 Å². The van der Waals surface area contributed by atoms with Crippen LogP contribution in [0.1, 0.15) is 16.8 Å². The van der Waals surface area contributed by atoms with E-state index in [-0.39, 0.29) is 11.9 Å². The molecule has 1 aromatic rings. The largest absolute Gasteiger partial charge is 0.496 e. The number of alkyl halides is 1. The summed E-state index contributed by atoms with van der Waals surface area (Å²) in [4.78, 5) is 12.2. The summed E-state index contributed by atoms with van der Waals surface area (Å²) in [5.74, 6) is 0.277. The first-order chi connectivity index (χ1) is 9.12. The summed E-state index contributed by atoms with van der Waals surface area (Å²) in [5.41, 5.74) is 0.422. The molecular formula is C13H17BrClNO3. The highest BCUT2D eigenvalue weighted by molar-refractivity contribution is 9.09. The van der Waals surface area contributed by atoms with Crippen molar-refractivity contribution in [2.24, 2.45) is 0 Å². The van der Waals surface area contributed by atoms with Crippen LogP contribution in [0.4, 0.5) is 0 Å². The molecule has 0 saturated carbocycles. The van der Waals surface area contributed by atoms with Crippen LogP contribution in [0, 0.1) is 0 Å². The molecule has 0 heterocycles. The van der Waals surface area contributed by atoms with Crippen molar-refractivity contribution >= 4 is 33.4 Å². The molecule has 19 heavy (non-hydrogen) atoms. The molecule has 0 saturated heterocycles. The fourth-order valence-electron chi connectivity index (χ4n) is 1.65. The third-order valence-electron chi connectivity index (χ3n) is 2.57. The molecule has 1 rings (SSSR count). The second-order valence-corrected chi connectivity index (χ2v) is 5.18. The van der Waals surface area contributed by atoms with Crippen molar-refractivity contribution in [3.63, 3.8) is 0 Å². The van der Waals surface area contributed by atoms with Gasteiger partial charge in [0.1, 0.15) is 5.75 Å². The lowest BCUT2D eigenvalue weighted by atomic mass is 10.1. The van der Waals surface area contributed by atoms with Gasteiger partial charge in [-0.3, -0.25) is 4.79 Å². The molecule has 0 aliphatic heterocycles. The number of ether oxygens (including phenoxy) is 2. The summed E-state index contributed by atoms with van der Waals surface area (Å²) in [5, 5.41) is 4.19. The number of rotatable bonds is 7. The number of benzene rings is 1. The standard InChI is InChI=1S/C13H17BrClNO3/c1-18-8-10(5-6-14)16-13(17)11-7-9(15)3-4-12(11)19-2/h3-4,7,10H,5-6,8H2,1-2H3,(H,16,17). The first-order valence-electron chi connectivity index (χ1n) is 5.81. The van der Waals surface area contributed by atoms with Gasteiger partial charge in [0.2, 0.25) is 0 Å². The molecular weight excluding hydrogens is 334 g/mol. The van der Waals surface area contributed by atoms with Crippen molar-refractivity contribution in [1.29, 1.82) is 0 Å². The fourth-order valence-corrected chi connectivity index (χ4v) is 2.38. The maximum atomic E-state index is 12.2. The van der Waals surface area contributed by atoms with Gasteiger partial charge in [-0.25, -0.2) is 0 Å². The molecule has 1 atom stereocenters. The Morgan fingerprint density at radius 1 is 1.47 bits per heavy atom. The second kappa shape index (κ2) is 8.40. The van der Waals surface area contributed by atoms with Crippen molar-refractivity contribution in [3.8, 4) is 5.75 Å². The van der Waals surface area contributed by atoms with Crippen LogP contribution in [0.3, 0.4) is 0 Å². The van der Waals surface area contributed by atoms with E-state index in [1.165, 1.54) is 7.11 Å². The molecule has 1 amide bonds. The molecule has 0 fully saturated rings. The number of nitrogens with one attached hydrogen (secondary N) is 1. The first kappa shape index (κ1) is 16.3. The average Bonchev–Trinajstić information content (AvgIpc) is 2.39. The van der Waals surface area contributed by atoms with E-state index in [0.717, 1.165) is 11.8 Å². The van der Waals surface area contributed by atoms with Crippen LogP contribution < -0.4 is 10.1 Å². The Morgan fingerprint density at radius 2 is 2.21 bits per heavy atom. The van der Waals surface area contributed by atoms with Gasteiger partial charge < -0.3 is 14.8 Å². The van der Waals surface area contributed by atoms with Gasteiger partial charge in [-0.15, -0.1) is 0 Å². The van der Waals surface area contributed by atoms with E-state index in [1.807, 2.05) is 0 Å². The van der Waals surface area contributed by atoms with Crippen molar-refractivity contribution in [2.45, 2.75) is 12.5 Å². The Bertz CT molecular complexity index is 422. The van der Waals surface area contributed by atoms with Gasteiger partial charge in [-0.2, -0.15) is 0 Å². The lowest BCUT2D eigenvalue weighted by Crippen LogP contribution is -2.38. The zero-order valence-corrected chi connectivity index (χ0v) is 13.3. The fraction of sp³-hybridized carbons (Fsp3) is 0.462. The Hall–Kier alpha value is -0.780. The highest BCUT2D eigenvalue weighted by Gasteiger charge is 2.17. The molecule has 1 N–H and O–H groups in total. The number of amides is 1. The molecule has 1 aromatic carbocycles. The molecule has 0 aromatic heterocycles. The summed E-state index contributed by atoms with van der Waals surface area (Å²) < 4.78 is 10.2. The van der Waals surface area contributed by atoms with Crippen LogP contribution in [-0.4, -0.2) is 38.1 Å². The van der Waals surface area contributed by atoms with E-state index < -0.39 is 0 Å². The predicted molar refractivity (Wildman–Crippen MR) is 79.5 cm³/mol. The average molecular weight is 351 g/mol. The Balaban J connectivity index is 2.83. The highest BCUT2D eigenvalue weighted by Crippen LogP contribution is 2.22. The number of hydrogen-bond acceptors (Lipinski definition) is 3. The molecule has 1 unspecified atom stereocenters. The Morgan fingerprint density at radius 3 is 2.79 bits per heavy atom. The van der Waals surface area contributed by atoms with Gasteiger partial charge in [-0.1, -0.05) is 27.5 Å². The number of halogens is 2. The number of carbonyl (C=O) groups excluding carboxylic acids is 1. The summed E-state index contributed by atoms with van der Waals surface area (Å²) >= 11 is 9.26. The van der Waals surface area contributed by atoms with E-state index in [4.69, 9.17) is 21.1 Å². The van der Waals surface area contributed by atoms with Crippen LogP contribution >= 0.6 is 27.5 Å². The zero-order valence-electron chi connectivity index (χ0n) is 10.9.